The van der Waals surface area contributed by atoms with Crippen molar-refractivity contribution >= 4 is 11.8 Å². The fraction of sp³-hybridized carbons (Fsp3) is 0.429. The van der Waals surface area contributed by atoms with E-state index in [0.29, 0.717) is 6.54 Å². The van der Waals surface area contributed by atoms with Crippen LogP contribution in [0.5, 0.6) is 5.75 Å². The van der Waals surface area contributed by atoms with Gasteiger partial charge in [0.05, 0.1) is 19.7 Å². The molecule has 0 saturated carbocycles. The smallest absolute Gasteiger partial charge is 0.239 e. The van der Waals surface area contributed by atoms with E-state index in [4.69, 9.17) is 4.74 Å². The fourth-order valence-electron chi connectivity index (χ4n) is 2.06. The number of nitrogens with one attached hydrogen (secondary N) is 3. The largest absolute Gasteiger partial charge is 0.497 e. The number of hydrogen-bond acceptors (Lipinski definition) is 4. The van der Waals surface area contributed by atoms with Gasteiger partial charge in [0.15, 0.2) is 0 Å². The number of piperazine rings is 1. The number of hydrogen-bond donors (Lipinski definition) is 3. The molecule has 1 aliphatic heterocycles. The fourth-order valence-corrected chi connectivity index (χ4v) is 2.06. The molecule has 1 unspecified atom stereocenters. The average molecular weight is 277 g/mol. The van der Waals surface area contributed by atoms with Crippen LogP contribution in [0.25, 0.3) is 0 Å². The Hall–Kier alpha value is -2.08. The molecule has 2 rings (SSSR count). The second kappa shape index (κ2) is 6.38. The summed E-state index contributed by atoms with van der Waals surface area (Å²) in [5.41, 5.74) is 0.970. The summed E-state index contributed by atoms with van der Waals surface area (Å²) in [5, 5.41) is 8.48. The molecule has 6 nitrogen and oxygen atoms in total. The van der Waals surface area contributed by atoms with Crippen LogP contribution >= 0.6 is 0 Å². The van der Waals surface area contributed by atoms with Crippen molar-refractivity contribution < 1.29 is 14.3 Å². The van der Waals surface area contributed by atoms with Crippen molar-refractivity contribution in [1.29, 1.82) is 0 Å². The van der Waals surface area contributed by atoms with E-state index in [-0.39, 0.29) is 30.4 Å². The summed E-state index contributed by atoms with van der Waals surface area (Å²) < 4.78 is 5.17. The van der Waals surface area contributed by atoms with Gasteiger partial charge in [-0.15, -0.1) is 0 Å². The van der Waals surface area contributed by atoms with Crippen LogP contribution in [0.4, 0.5) is 0 Å². The van der Waals surface area contributed by atoms with Crippen LogP contribution in [0.2, 0.25) is 0 Å². The highest BCUT2D eigenvalue weighted by Gasteiger charge is 2.24. The number of amides is 2. The van der Waals surface area contributed by atoms with E-state index in [0.717, 1.165) is 11.3 Å². The van der Waals surface area contributed by atoms with Crippen molar-refractivity contribution in [1.82, 2.24) is 16.0 Å². The summed E-state index contributed by atoms with van der Waals surface area (Å²) in [6.07, 6.45) is 0. The van der Waals surface area contributed by atoms with Crippen LogP contribution in [0.3, 0.4) is 0 Å². The lowest BCUT2D eigenvalue weighted by atomic mass is 10.1. The first-order chi connectivity index (χ1) is 9.60. The second-order valence-electron chi connectivity index (χ2n) is 4.74. The highest BCUT2D eigenvalue weighted by atomic mass is 16.5. The molecule has 2 amide bonds. The van der Waals surface area contributed by atoms with Gasteiger partial charge in [-0.3, -0.25) is 14.9 Å². The molecule has 0 radical (unpaired) electrons. The number of rotatable bonds is 4. The number of methoxy groups -OCH3 is 1. The number of carbonyl (C=O) groups excluding carboxylic acids is 2. The van der Waals surface area contributed by atoms with Gasteiger partial charge < -0.3 is 15.4 Å². The van der Waals surface area contributed by atoms with Gasteiger partial charge in [0.1, 0.15) is 11.8 Å². The quantitative estimate of drug-likeness (QED) is 0.721. The third kappa shape index (κ3) is 3.48. The minimum atomic E-state index is -0.388. The molecule has 1 heterocycles. The Morgan fingerprint density at radius 3 is 2.95 bits per heavy atom. The molecule has 0 aliphatic carbocycles. The van der Waals surface area contributed by atoms with Gasteiger partial charge in [0, 0.05) is 6.54 Å². The van der Waals surface area contributed by atoms with Crippen molar-refractivity contribution in [2.24, 2.45) is 0 Å². The van der Waals surface area contributed by atoms with Gasteiger partial charge in [-0.05, 0) is 24.6 Å². The van der Waals surface area contributed by atoms with Crippen LogP contribution < -0.4 is 20.7 Å². The predicted molar refractivity (Wildman–Crippen MR) is 74.4 cm³/mol. The molecule has 6 heteroatoms. The lowest BCUT2D eigenvalue weighted by molar-refractivity contribution is -0.127. The maximum Gasteiger partial charge on any atom is 0.239 e. The molecule has 0 bridgehead atoms. The molecule has 108 valence electrons. The molecular weight excluding hydrogens is 258 g/mol. The van der Waals surface area contributed by atoms with E-state index in [2.05, 4.69) is 16.0 Å². The van der Waals surface area contributed by atoms with Gasteiger partial charge in [-0.2, -0.15) is 0 Å². The van der Waals surface area contributed by atoms with Crippen molar-refractivity contribution in [3.63, 3.8) is 0 Å². The number of carbonyl (C=O) groups is 2. The molecule has 20 heavy (non-hydrogen) atoms. The third-order valence-corrected chi connectivity index (χ3v) is 3.28. The van der Waals surface area contributed by atoms with E-state index >= 15 is 0 Å². The maximum atomic E-state index is 12.1. The highest BCUT2D eigenvalue weighted by molar-refractivity contribution is 5.86. The minimum absolute atomic E-state index is 0.0881. The molecule has 3 N–H and O–H groups in total. The Labute approximate surface area is 117 Å². The zero-order chi connectivity index (χ0) is 14.5. The predicted octanol–water partition coefficient (Wildman–Crippen LogP) is -0.0396. The number of ether oxygens (including phenoxy) is 1. The average Bonchev–Trinajstić information content (AvgIpc) is 2.47. The van der Waals surface area contributed by atoms with Crippen LogP contribution in [0.1, 0.15) is 18.5 Å². The van der Waals surface area contributed by atoms with Crippen molar-refractivity contribution in [2.75, 3.05) is 20.2 Å². The van der Waals surface area contributed by atoms with Gasteiger partial charge in [-0.1, -0.05) is 12.1 Å². The van der Waals surface area contributed by atoms with Crippen LogP contribution in [-0.2, 0) is 9.59 Å². The molecular formula is C14H19N3O3. The van der Waals surface area contributed by atoms with Gasteiger partial charge in [0.25, 0.3) is 0 Å². The Morgan fingerprint density at radius 1 is 1.50 bits per heavy atom. The summed E-state index contributed by atoms with van der Waals surface area (Å²) in [6, 6.07) is 7.05. The normalized spacial score (nSPS) is 19.9. The van der Waals surface area contributed by atoms with Gasteiger partial charge >= 0.3 is 0 Å². The molecule has 1 aliphatic rings. The molecule has 1 aromatic rings. The minimum Gasteiger partial charge on any atom is -0.497 e. The van der Waals surface area contributed by atoms with Crippen LogP contribution in [0, 0.1) is 0 Å². The zero-order valence-electron chi connectivity index (χ0n) is 11.6. The molecule has 1 aromatic carbocycles. The first kappa shape index (κ1) is 14.3. The SMILES string of the molecule is COc1cccc([C@H](C)NC(=O)C2CNC(=O)CN2)c1. The first-order valence-corrected chi connectivity index (χ1v) is 6.54. The summed E-state index contributed by atoms with van der Waals surface area (Å²) in [5.74, 6) is 0.543. The Morgan fingerprint density at radius 2 is 2.30 bits per heavy atom. The van der Waals surface area contributed by atoms with Crippen molar-refractivity contribution in [3.8, 4) is 5.75 Å². The van der Waals surface area contributed by atoms with Gasteiger partial charge in [-0.25, -0.2) is 0 Å². The molecule has 2 atom stereocenters. The Balaban J connectivity index is 1.94. The van der Waals surface area contributed by atoms with E-state index in [1.807, 2.05) is 31.2 Å². The van der Waals surface area contributed by atoms with E-state index in [1.165, 1.54) is 0 Å². The molecule has 1 fully saturated rings. The van der Waals surface area contributed by atoms with E-state index in [9.17, 15) is 9.59 Å². The lowest BCUT2D eigenvalue weighted by Gasteiger charge is -2.25. The first-order valence-electron chi connectivity index (χ1n) is 6.54. The topological polar surface area (TPSA) is 79.5 Å². The molecule has 0 spiro atoms. The van der Waals surface area contributed by atoms with Crippen molar-refractivity contribution in [2.45, 2.75) is 19.0 Å². The zero-order valence-corrected chi connectivity index (χ0v) is 11.6. The Kier molecular flexibility index (Phi) is 4.57. The second-order valence-corrected chi connectivity index (χ2v) is 4.74. The van der Waals surface area contributed by atoms with Crippen LogP contribution in [-0.4, -0.2) is 38.1 Å². The molecule has 0 aromatic heterocycles. The summed E-state index contributed by atoms with van der Waals surface area (Å²) >= 11 is 0. The van der Waals surface area contributed by atoms with Crippen LogP contribution in [0.15, 0.2) is 24.3 Å². The molecule has 1 saturated heterocycles. The highest BCUT2D eigenvalue weighted by Crippen LogP contribution is 2.18. The maximum absolute atomic E-state index is 12.1. The summed E-state index contributed by atoms with van der Waals surface area (Å²) in [4.78, 5) is 23.1. The third-order valence-electron chi connectivity index (χ3n) is 3.28. The number of benzene rings is 1. The Bertz CT molecular complexity index is 494. The van der Waals surface area contributed by atoms with Crippen molar-refractivity contribution in [3.05, 3.63) is 29.8 Å². The van der Waals surface area contributed by atoms with Gasteiger partial charge in [0.2, 0.25) is 11.8 Å². The summed E-state index contributed by atoms with van der Waals surface area (Å²) in [7, 11) is 1.61. The lowest BCUT2D eigenvalue weighted by Crippen LogP contribution is -2.58. The van der Waals surface area contributed by atoms with E-state index in [1.54, 1.807) is 7.11 Å². The summed E-state index contributed by atoms with van der Waals surface area (Å²) in [6.45, 7) is 2.40. The monoisotopic (exact) mass is 277 g/mol. The van der Waals surface area contributed by atoms with E-state index < -0.39 is 0 Å². The standard InChI is InChI=1S/C14H19N3O3/c1-9(10-4-3-5-11(6-10)20-2)17-14(19)12-7-16-13(18)8-15-12/h3-6,9,12,15H,7-8H2,1-2H3,(H,16,18)(H,17,19)/t9-,12?/m0/s1.